The first-order valence-electron chi connectivity index (χ1n) is 5.88. The number of benzene rings is 1. The Labute approximate surface area is 105 Å². The third-order valence-corrected chi connectivity index (χ3v) is 2.88. The Morgan fingerprint density at radius 3 is 2.72 bits per heavy atom. The van der Waals surface area contributed by atoms with Gasteiger partial charge in [0, 0.05) is 18.3 Å². The molecule has 0 amide bonds. The maximum absolute atomic E-state index is 9.15. The Morgan fingerprint density at radius 1 is 1.11 bits per heavy atom. The van der Waals surface area contributed by atoms with E-state index in [4.69, 9.17) is 5.11 Å². The molecule has 0 fully saturated rings. The van der Waals surface area contributed by atoms with Gasteiger partial charge >= 0.3 is 0 Å². The van der Waals surface area contributed by atoms with Crippen LogP contribution in [0.15, 0.2) is 48.8 Å². The van der Waals surface area contributed by atoms with Gasteiger partial charge in [0.2, 0.25) is 0 Å². The van der Waals surface area contributed by atoms with Crippen LogP contribution < -0.4 is 0 Å². The predicted octanol–water partition coefficient (Wildman–Crippen LogP) is 1.96. The van der Waals surface area contributed by atoms with Crippen molar-refractivity contribution in [1.82, 2.24) is 14.5 Å². The minimum Gasteiger partial charge on any atom is -0.396 e. The highest BCUT2D eigenvalue weighted by atomic mass is 16.3. The first-order chi connectivity index (χ1) is 8.90. The smallest absolute Gasteiger partial charge is 0.116 e. The molecule has 0 aliphatic rings. The average molecular weight is 239 g/mol. The van der Waals surface area contributed by atoms with Crippen LogP contribution in [0.25, 0.3) is 16.7 Å². The zero-order valence-electron chi connectivity index (χ0n) is 9.82. The molecular formula is C14H13N3O. The largest absolute Gasteiger partial charge is 0.396 e. The summed E-state index contributed by atoms with van der Waals surface area (Å²) in [5, 5.41) is 9.15. The van der Waals surface area contributed by atoms with Gasteiger partial charge in [0.15, 0.2) is 0 Å². The van der Waals surface area contributed by atoms with Gasteiger partial charge in [-0.25, -0.2) is 4.98 Å². The van der Waals surface area contributed by atoms with Crippen molar-refractivity contribution in [3.8, 4) is 5.69 Å². The van der Waals surface area contributed by atoms with E-state index < -0.39 is 0 Å². The molecule has 0 spiro atoms. The number of rotatable bonds is 3. The molecule has 2 heterocycles. The molecule has 0 saturated carbocycles. The molecule has 0 unspecified atom stereocenters. The van der Waals surface area contributed by atoms with E-state index in [9.17, 15) is 0 Å². The number of aromatic nitrogens is 3. The molecule has 4 nitrogen and oxygen atoms in total. The summed E-state index contributed by atoms with van der Waals surface area (Å²) >= 11 is 0. The second-order valence-electron chi connectivity index (χ2n) is 4.04. The number of imidazole rings is 1. The molecule has 1 N–H and O–H groups in total. The molecule has 0 atom stereocenters. The van der Waals surface area contributed by atoms with Crippen LogP contribution in [-0.4, -0.2) is 26.2 Å². The molecule has 18 heavy (non-hydrogen) atoms. The van der Waals surface area contributed by atoms with E-state index in [1.165, 1.54) is 0 Å². The number of fused-ring (bicyclic) bond motifs is 1. The average Bonchev–Trinajstić information content (AvgIpc) is 2.78. The van der Waals surface area contributed by atoms with Gasteiger partial charge in [-0.05, 0) is 18.2 Å². The Balaban J connectivity index is 2.28. The maximum atomic E-state index is 9.15. The van der Waals surface area contributed by atoms with Gasteiger partial charge in [-0.3, -0.25) is 9.55 Å². The molecule has 0 aliphatic carbocycles. The fourth-order valence-electron chi connectivity index (χ4n) is 2.11. The highest BCUT2D eigenvalue weighted by molar-refractivity contribution is 5.77. The minimum atomic E-state index is 0.0869. The van der Waals surface area contributed by atoms with Crippen LogP contribution in [0.3, 0.4) is 0 Å². The lowest BCUT2D eigenvalue weighted by atomic mass is 10.3. The zero-order chi connectivity index (χ0) is 12.4. The summed E-state index contributed by atoms with van der Waals surface area (Å²) in [6.45, 7) is 0.0869. The summed E-state index contributed by atoms with van der Waals surface area (Å²) in [5.41, 5.74) is 2.90. The molecule has 3 rings (SSSR count). The summed E-state index contributed by atoms with van der Waals surface area (Å²) in [6, 6.07) is 11.9. The summed E-state index contributed by atoms with van der Waals surface area (Å²) in [5.74, 6) is 0.853. The second-order valence-corrected chi connectivity index (χ2v) is 4.04. The summed E-state index contributed by atoms with van der Waals surface area (Å²) in [7, 11) is 0. The van der Waals surface area contributed by atoms with Gasteiger partial charge in [0.05, 0.1) is 23.8 Å². The number of para-hydroxylation sites is 1. The van der Waals surface area contributed by atoms with Gasteiger partial charge in [-0.1, -0.05) is 18.2 Å². The Bertz CT molecular complexity index is 661. The lowest BCUT2D eigenvalue weighted by molar-refractivity contribution is 0.296. The van der Waals surface area contributed by atoms with Crippen molar-refractivity contribution in [2.24, 2.45) is 0 Å². The van der Waals surface area contributed by atoms with E-state index in [0.717, 1.165) is 22.5 Å². The molecule has 1 aromatic carbocycles. The Kier molecular flexibility index (Phi) is 2.78. The van der Waals surface area contributed by atoms with Crippen LogP contribution in [0.4, 0.5) is 0 Å². The van der Waals surface area contributed by atoms with Gasteiger partial charge in [-0.2, -0.15) is 0 Å². The number of pyridine rings is 1. The lowest BCUT2D eigenvalue weighted by Gasteiger charge is -2.07. The van der Waals surface area contributed by atoms with E-state index in [2.05, 4.69) is 9.97 Å². The molecule has 90 valence electrons. The Hall–Kier alpha value is -2.20. The predicted molar refractivity (Wildman–Crippen MR) is 69.7 cm³/mol. The maximum Gasteiger partial charge on any atom is 0.116 e. The molecular weight excluding hydrogens is 226 g/mol. The third-order valence-electron chi connectivity index (χ3n) is 2.88. The minimum absolute atomic E-state index is 0.0869. The number of aliphatic hydroxyl groups excluding tert-OH is 1. The summed E-state index contributed by atoms with van der Waals surface area (Å²) in [4.78, 5) is 8.69. The van der Waals surface area contributed by atoms with Gasteiger partial charge in [-0.15, -0.1) is 0 Å². The van der Waals surface area contributed by atoms with Gasteiger partial charge < -0.3 is 5.11 Å². The van der Waals surface area contributed by atoms with E-state index in [1.807, 2.05) is 41.0 Å². The number of hydrogen-bond donors (Lipinski definition) is 1. The quantitative estimate of drug-likeness (QED) is 0.760. The summed E-state index contributed by atoms with van der Waals surface area (Å²) < 4.78 is 2.04. The molecule has 0 radical (unpaired) electrons. The third kappa shape index (κ3) is 1.76. The first kappa shape index (κ1) is 10.9. The molecule has 4 heteroatoms. The number of aliphatic hydroxyl groups is 1. The van der Waals surface area contributed by atoms with Crippen molar-refractivity contribution < 1.29 is 5.11 Å². The van der Waals surface area contributed by atoms with E-state index in [-0.39, 0.29) is 6.61 Å². The van der Waals surface area contributed by atoms with Crippen molar-refractivity contribution in [2.45, 2.75) is 6.42 Å². The lowest BCUT2D eigenvalue weighted by Crippen LogP contribution is -2.03. The number of nitrogens with zero attached hydrogens (tertiary/aromatic N) is 3. The highest BCUT2D eigenvalue weighted by Crippen LogP contribution is 2.20. The molecule has 2 aromatic heterocycles. The van der Waals surface area contributed by atoms with Gasteiger partial charge in [0.25, 0.3) is 0 Å². The normalized spacial score (nSPS) is 10.9. The van der Waals surface area contributed by atoms with Crippen molar-refractivity contribution >= 4 is 11.0 Å². The molecule has 3 aromatic rings. The van der Waals surface area contributed by atoms with Crippen molar-refractivity contribution in [2.75, 3.05) is 6.61 Å². The summed E-state index contributed by atoms with van der Waals surface area (Å²) in [6.07, 6.45) is 4.06. The second kappa shape index (κ2) is 4.58. The Morgan fingerprint density at radius 2 is 1.94 bits per heavy atom. The van der Waals surface area contributed by atoms with Crippen LogP contribution >= 0.6 is 0 Å². The van der Waals surface area contributed by atoms with Crippen molar-refractivity contribution in [1.29, 1.82) is 0 Å². The van der Waals surface area contributed by atoms with E-state index in [1.54, 1.807) is 12.4 Å². The van der Waals surface area contributed by atoms with E-state index >= 15 is 0 Å². The van der Waals surface area contributed by atoms with Gasteiger partial charge in [0.1, 0.15) is 5.82 Å². The fraction of sp³-hybridized carbons (Fsp3) is 0.143. The standard InChI is InChI=1S/C14H13N3O/c18-9-7-14-16-12-6-8-15-10-13(12)17(14)11-4-2-1-3-5-11/h1-6,8,10,18H,7,9H2. The van der Waals surface area contributed by atoms with Crippen molar-refractivity contribution in [3.63, 3.8) is 0 Å². The monoisotopic (exact) mass is 239 g/mol. The SMILES string of the molecule is OCCc1nc2ccncc2n1-c1ccccc1. The molecule has 0 aliphatic heterocycles. The molecule has 0 saturated heterocycles. The van der Waals surface area contributed by atoms with Crippen LogP contribution in [-0.2, 0) is 6.42 Å². The van der Waals surface area contributed by atoms with Crippen LogP contribution in [0.2, 0.25) is 0 Å². The molecule has 0 bridgehead atoms. The van der Waals surface area contributed by atoms with Crippen LogP contribution in [0.1, 0.15) is 5.82 Å². The number of hydrogen-bond acceptors (Lipinski definition) is 3. The van der Waals surface area contributed by atoms with E-state index in [0.29, 0.717) is 6.42 Å². The first-order valence-corrected chi connectivity index (χ1v) is 5.88. The van der Waals surface area contributed by atoms with Crippen LogP contribution in [0, 0.1) is 0 Å². The van der Waals surface area contributed by atoms with Crippen LogP contribution in [0.5, 0.6) is 0 Å². The zero-order valence-corrected chi connectivity index (χ0v) is 9.82. The van der Waals surface area contributed by atoms with Crippen molar-refractivity contribution in [3.05, 3.63) is 54.6 Å². The topological polar surface area (TPSA) is 50.9 Å². The highest BCUT2D eigenvalue weighted by Gasteiger charge is 2.11. The fourth-order valence-corrected chi connectivity index (χ4v) is 2.11.